The predicted molar refractivity (Wildman–Crippen MR) is 281 cm³/mol. The molecule has 2 atom stereocenters. The Hall–Kier alpha value is -8.71. The summed E-state index contributed by atoms with van der Waals surface area (Å²) >= 11 is 1.85. The van der Waals surface area contributed by atoms with Crippen molar-refractivity contribution in [2.75, 3.05) is 0 Å². The summed E-state index contributed by atoms with van der Waals surface area (Å²) in [5.74, 6) is 2.76. The van der Waals surface area contributed by atoms with Crippen LogP contribution < -0.4 is 0 Å². The zero-order chi connectivity index (χ0) is 45.4. The van der Waals surface area contributed by atoms with Crippen LogP contribution in [0.1, 0.15) is 45.2 Å². The monoisotopic (exact) mass is 897 g/mol. The molecular formula is C63H39N5S. The molecular weight excluding hydrogens is 859 g/mol. The third-order valence-corrected chi connectivity index (χ3v) is 15.1. The minimum Gasteiger partial charge on any atom is -0.228 e. The molecule has 0 aliphatic heterocycles. The van der Waals surface area contributed by atoms with E-state index in [2.05, 4.69) is 182 Å². The van der Waals surface area contributed by atoms with E-state index in [-0.39, 0.29) is 11.8 Å². The van der Waals surface area contributed by atoms with E-state index in [0.717, 1.165) is 50.3 Å². The van der Waals surface area contributed by atoms with Crippen molar-refractivity contribution in [1.82, 2.24) is 24.9 Å². The Balaban J connectivity index is 0.874. The molecule has 2 bridgehead atoms. The molecule has 6 heteroatoms. The van der Waals surface area contributed by atoms with E-state index in [4.69, 9.17) is 24.9 Å². The molecule has 0 saturated carbocycles. The zero-order valence-electron chi connectivity index (χ0n) is 37.2. The van der Waals surface area contributed by atoms with Gasteiger partial charge in [-0.3, -0.25) is 0 Å². The van der Waals surface area contributed by atoms with Crippen LogP contribution >= 0.6 is 11.3 Å². The molecule has 0 saturated heterocycles. The number of thiophene rings is 1. The summed E-state index contributed by atoms with van der Waals surface area (Å²) in [7, 11) is 0. The molecule has 0 fully saturated rings. The Morgan fingerprint density at radius 1 is 0.246 bits per heavy atom. The maximum atomic E-state index is 5.31. The van der Waals surface area contributed by atoms with Crippen LogP contribution in [0, 0.1) is 0 Å². The fourth-order valence-corrected chi connectivity index (χ4v) is 11.8. The van der Waals surface area contributed by atoms with Crippen LogP contribution in [-0.2, 0) is 0 Å². The van der Waals surface area contributed by atoms with Gasteiger partial charge in [-0.2, -0.15) is 0 Å². The quantitative estimate of drug-likeness (QED) is 0.159. The smallest absolute Gasteiger partial charge is 0.164 e. The fourth-order valence-electron chi connectivity index (χ4n) is 10.7. The maximum absolute atomic E-state index is 5.31. The lowest BCUT2D eigenvalue weighted by Crippen LogP contribution is -2.27. The molecule has 5 nitrogen and oxygen atoms in total. The average Bonchev–Trinajstić information content (AvgIpc) is 3.81. The highest BCUT2D eigenvalue weighted by Gasteiger charge is 2.41. The molecule has 0 radical (unpaired) electrons. The largest absolute Gasteiger partial charge is 0.228 e. The second kappa shape index (κ2) is 16.0. The standard InChI is InChI=1S/C63H39N5S/c1-4-15-38(16-5-1)60-64-54(43-22-14-21-41(33-43)42-29-32-57-51(34-42)46-23-12-13-26-56(46)69-57)37-55(65-60)44-27-30-49-52(35-44)58-47-24-10-11-25-48(47)59(49)53-36-45(28-31-50(53)58)63-67-61(39-17-6-2-7-18-39)66-62(68-63)40-19-8-3-9-20-40/h1-37,58-59H. The van der Waals surface area contributed by atoms with E-state index in [1.165, 1.54) is 59.1 Å². The molecule has 2 unspecified atom stereocenters. The zero-order valence-corrected chi connectivity index (χ0v) is 38.0. The Kier molecular flexibility index (Phi) is 9.14. The summed E-state index contributed by atoms with van der Waals surface area (Å²) in [6.45, 7) is 0. The summed E-state index contributed by atoms with van der Waals surface area (Å²) in [6, 6.07) is 79.9. The van der Waals surface area contributed by atoms with Gasteiger partial charge in [0.15, 0.2) is 23.3 Å². The van der Waals surface area contributed by atoms with Gasteiger partial charge in [0.25, 0.3) is 0 Å². The Morgan fingerprint density at radius 3 is 1.29 bits per heavy atom. The highest BCUT2D eigenvalue weighted by molar-refractivity contribution is 7.25. The SMILES string of the molecule is c1ccc(-c2nc(-c3cccc(-c4ccc5sc6ccccc6c5c4)c3)cc(-c3ccc4c(c3)C3c5ccccc5C4c4cc(-c5nc(-c6ccccc6)nc(-c6ccccc6)n5)ccc43)n2)cc1. The molecule has 0 N–H and O–H groups in total. The van der Waals surface area contributed by atoms with Crippen LogP contribution in [0.5, 0.6) is 0 Å². The Bertz CT molecular complexity index is 3920. The highest BCUT2D eigenvalue weighted by Crippen LogP contribution is 2.56. The summed E-state index contributed by atoms with van der Waals surface area (Å²) < 4.78 is 2.61. The van der Waals surface area contributed by atoms with Crippen molar-refractivity contribution in [2.45, 2.75) is 11.8 Å². The summed E-state index contributed by atoms with van der Waals surface area (Å²) in [5, 5.41) is 2.59. The molecule has 322 valence electrons. The minimum atomic E-state index is 0.0455. The molecule has 3 aromatic heterocycles. The first-order valence-electron chi connectivity index (χ1n) is 23.4. The first kappa shape index (κ1) is 39.5. The third-order valence-electron chi connectivity index (χ3n) is 13.9. The minimum absolute atomic E-state index is 0.0455. The van der Waals surface area contributed by atoms with Crippen molar-refractivity contribution in [2.24, 2.45) is 0 Å². The number of hydrogen-bond donors (Lipinski definition) is 0. The van der Waals surface area contributed by atoms with Gasteiger partial charge in [-0.1, -0.05) is 182 Å². The van der Waals surface area contributed by atoms with Crippen molar-refractivity contribution in [3.63, 3.8) is 0 Å². The second-order valence-electron chi connectivity index (χ2n) is 17.9. The number of rotatable bonds is 7. The van der Waals surface area contributed by atoms with Crippen LogP contribution in [0.3, 0.4) is 0 Å². The lowest BCUT2D eigenvalue weighted by atomic mass is 9.60. The summed E-state index contributed by atoms with van der Waals surface area (Å²) in [6.07, 6.45) is 0. The number of aromatic nitrogens is 5. The molecule has 3 aliphatic rings. The van der Waals surface area contributed by atoms with Gasteiger partial charge in [0, 0.05) is 65.4 Å². The first-order chi connectivity index (χ1) is 34.2. The van der Waals surface area contributed by atoms with Gasteiger partial charge in [-0.15, -0.1) is 11.3 Å². The number of benzene rings is 9. The lowest BCUT2D eigenvalue weighted by Gasteiger charge is -2.42. The van der Waals surface area contributed by atoms with Crippen LogP contribution in [0.2, 0.25) is 0 Å². The topological polar surface area (TPSA) is 64.5 Å². The molecule has 0 amide bonds. The van der Waals surface area contributed by atoms with Crippen molar-refractivity contribution in [3.8, 4) is 79.2 Å². The van der Waals surface area contributed by atoms with Gasteiger partial charge >= 0.3 is 0 Å². The van der Waals surface area contributed by atoms with Gasteiger partial charge in [-0.05, 0) is 87.0 Å². The number of fused-ring (bicyclic) bond motifs is 3. The molecule has 69 heavy (non-hydrogen) atoms. The third kappa shape index (κ3) is 6.71. The molecule has 9 aromatic carbocycles. The van der Waals surface area contributed by atoms with E-state index in [1.807, 2.05) is 53.8 Å². The van der Waals surface area contributed by atoms with Gasteiger partial charge in [0.1, 0.15) is 0 Å². The van der Waals surface area contributed by atoms with Gasteiger partial charge in [0.05, 0.1) is 11.4 Å². The summed E-state index contributed by atoms with van der Waals surface area (Å²) in [4.78, 5) is 25.7. The molecule has 15 rings (SSSR count). The molecule has 3 heterocycles. The van der Waals surface area contributed by atoms with Gasteiger partial charge < -0.3 is 0 Å². The van der Waals surface area contributed by atoms with Crippen molar-refractivity contribution in [3.05, 3.63) is 258 Å². The van der Waals surface area contributed by atoms with Crippen molar-refractivity contribution in [1.29, 1.82) is 0 Å². The van der Waals surface area contributed by atoms with E-state index >= 15 is 0 Å². The van der Waals surface area contributed by atoms with Crippen molar-refractivity contribution >= 4 is 31.5 Å². The lowest BCUT2D eigenvalue weighted by molar-refractivity contribution is 0.754. The van der Waals surface area contributed by atoms with Crippen LogP contribution in [0.4, 0.5) is 0 Å². The van der Waals surface area contributed by atoms with E-state index in [0.29, 0.717) is 23.3 Å². The van der Waals surface area contributed by atoms with Crippen molar-refractivity contribution < 1.29 is 0 Å². The first-order valence-corrected chi connectivity index (χ1v) is 24.2. The molecule has 12 aromatic rings. The normalized spacial score (nSPS) is 14.4. The number of hydrogen-bond acceptors (Lipinski definition) is 6. The molecule has 3 aliphatic carbocycles. The predicted octanol–water partition coefficient (Wildman–Crippen LogP) is 15.7. The van der Waals surface area contributed by atoms with Crippen LogP contribution in [0.25, 0.3) is 99.4 Å². The molecule has 0 spiro atoms. The highest BCUT2D eigenvalue weighted by atomic mass is 32.1. The second-order valence-corrected chi connectivity index (χ2v) is 19.0. The Labute approximate surface area is 403 Å². The van der Waals surface area contributed by atoms with E-state index in [9.17, 15) is 0 Å². The van der Waals surface area contributed by atoms with Crippen LogP contribution in [-0.4, -0.2) is 24.9 Å². The maximum Gasteiger partial charge on any atom is 0.164 e. The van der Waals surface area contributed by atoms with E-state index < -0.39 is 0 Å². The number of nitrogens with zero attached hydrogens (tertiary/aromatic N) is 5. The summed E-state index contributed by atoms with van der Waals surface area (Å²) in [5.41, 5.74) is 18.0. The van der Waals surface area contributed by atoms with E-state index in [1.54, 1.807) is 0 Å². The Morgan fingerprint density at radius 2 is 0.667 bits per heavy atom. The fraction of sp³-hybridized carbons (Fsp3) is 0.0317. The van der Waals surface area contributed by atoms with Gasteiger partial charge in [0.2, 0.25) is 0 Å². The van der Waals surface area contributed by atoms with Crippen LogP contribution in [0.15, 0.2) is 224 Å². The average molecular weight is 898 g/mol. The van der Waals surface area contributed by atoms with Gasteiger partial charge in [-0.25, -0.2) is 24.9 Å².